The van der Waals surface area contributed by atoms with Crippen LogP contribution in [0.5, 0.6) is 23.0 Å². The fraction of sp³-hybridized carbons (Fsp3) is 0.364. The third-order valence-corrected chi connectivity index (χ3v) is 10.5. The summed E-state index contributed by atoms with van der Waals surface area (Å²) in [5.41, 5.74) is 3.90. The van der Waals surface area contributed by atoms with Gasteiger partial charge in [0.2, 0.25) is 0 Å². The molecule has 0 N–H and O–H groups in total. The maximum atomic E-state index is 5.85. The van der Waals surface area contributed by atoms with E-state index in [0.717, 1.165) is 65.3 Å². The zero-order chi connectivity index (χ0) is 41.5. The predicted molar refractivity (Wildman–Crippen MR) is 231 cm³/mol. The maximum Gasteiger partial charge on any atom is 0.148 e. The Kier molecular flexibility index (Phi) is 19.0. The summed E-state index contributed by atoms with van der Waals surface area (Å²) in [4.78, 5) is 0. The van der Waals surface area contributed by atoms with Crippen LogP contribution in [0.3, 0.4) is 0 Å². The second kappa shape index (κ2) is 25.6. The summed E-state index contributed by atoms with van der Waals surface area (Å²) >= 11 is 3.06. The second-order valence-corrected chi connectivity index (χ2v) is 14.7. The Morgan fingerprint density at radius 2 is 0.517 bits per heavy atom. The van der Waals surface area contributed by atoms with Crippen LogP contribution in [-0.4, -0.2) is 127 Å². The molecule has 0 amide bonds. The van der Waals surface area contributed by atoms with Crippen molar-refractivity contribution in [2.75, 3.05) is 107 Å². The molecule has 2 aromatic heterocycles. The maximum absolute atomic E-state index is 5.85. The van der Waals surface area contributed by atoms with Crippen LogP contribution >= 0.6 is 22.7 Å². The van der Waals surface area contributed by atoms with Gasteiger partial charge >= 0.3 is 0 Å². The molecule has 0 aliphatic heterocycles. The van der Waals surface area contributed by atoms with Gasteiger partial charge in [-0.15, -0.1) is 20.4 Å². The van der Waals surface area contributed by atoms with Crippen LogP contribution in [0.25, 0.3) is 42.3 Å². The topological polar surface area (TPSA) is 144 Å². The summed E-state index contributed by atoms with van der Waals surface area (Å²) in [6, 6.07) is 31.2. The molecule has 0 bridgehead atoms. The number of hydrogen-bond acceptors (Lipinski definition) is 16. The van der Waals surface area contributed by atoms with E-state index in [1.807, 2.05) is 97.1 Å². The average Bonchev–Trinajstić information content (AvgIpc) is 4.00. The average molecular weight is 859 g/mol. The Balaban J connectivity index is 0.795. The molecule has 0 fully saturated rings. The van der Waals surface area contributed by atoms with Gasteiger partial charge in [0.05, 0.1) is 66.1 Å². The van der Waals surface area contributed by atoms with Crippen molar-refractivity contribution < 1.29 is 47.4 Å². The van der Waals surface area contributed by atoms with Crippen molar-refractivity contribution in [3.63, 3.8) is 0 Å². The van der Waals surface area contributed by atoms with Crippen LogP contribution in [0.1, 0.15) is 0 Å². The van der Waals surface area contributed by atoms with Crippen molar-refractivity contribution in [1.29, 1.82) is 0 Å². The highest BCUT2D eigenvalue weighted by Crippen LogP contribution is 2.33. The minimum Gasteiger partial charge on any atom is -0.491 e. The fourth-order valence-corrected chi connectivity index (χ4v) is 7.08. The number of aromatic nitrogens is 4. The lowest BCUT2D eigenvalue weighted by molar-refractivity contribution is 0.0273. The van der Waals surface area contributed by atoms with Gasteiger partial charge in [0.1, 0.15) is 69.5 Å². The largest absolute Gasteiger partial charge is 0.491 e. The van der Waals surface area contributed by atoms with E-state index >= 15 is 0 Å². The number of ether oxygens (including phenoxy) is 10. The van der Waals surface area contributed by atoms with Crippen molar-refractivity contribution in [2.45, 2.75) is 0 Å². The van der Waals surface area contributed by atoms with Crippen molar-refractivity contribution in [2.24, 2.45) is 0 Å². The molecule has 0 unspecified atom stereocenters. The molecule has 0 spiro atoms. The van der Waals surface area contributed by atoms with Gasteiger partial charge in [0.15, 0.2) is 0 Å². The summed E-state index contributed by atoms with van der Waals surface area (Å²) in [5.74, 6) is 3.06. The quantitative estimate of drug-likeness (QED) is 0.0427. The lowest BCUT2D eigenvalue weighted by atomic mass is 10.2. The minimum atomic E-state index is 0.427. The third-order valence-electron chi connectivity index (χ3n) is 8.48. The molecule has 6 aromatic rings. The highest BCUT2D eigenvalue weighted by atomic mass is 32.1. The summed E-state index contributed by atoms with van der Waals surface area (Å²) in [7, 11) is 3.30. The second-order valence-electron chi connectivity index (χ2n) is 12.8. The van der Waals surface area contributed by atoms with Crippen LogP contribution in [0, 0.1) is 0 Å². The van der Waals surface area contributed by atoms with Gasteiger partial charge in [-0.05, 0) is 97.1 Å². The third kappa shape index (κ3) is 14.9. The monoisotopic (exact) mass is 858 g/mol. The molecule has 0 aliphatic carbocycles. The van der Waals surface area contributed by atoms with Gasteiger partial charge in [0, 0.05) is 36.5 Å². The molecule has 6 rings (SSSR count). The smallest absolute Gasteiger partial charge is 0.148 e. The van der Waals surface area contributed by atoms with E-state index in [1.165, 1.54) is 22.7 Å². The first-order valence-electron chi connectivity index (χ1n) is 19.6. The van der Waals surface area contributed by atoms with Gasteiger partial charge in [-0.1, -0.05) is 22.7 Å². The van der Waals surface area contributed by atoms with E-state index in [1.54, 1.807) is 14.2 Å². The molecule has 2 heterocycles. The predicted octanol–water partition coefficient (Wildman–Crippen LogP) is 7.63. The molecule has 60 heavy (non-hydrogen) atoms. The molecule has 4 aromatic carbocycles. The minimum absolute atomic E-state index is 0.427. The number of rotatable bonds is 29. The van der Waals surface area contributed by atoms with Crippen LogP contribution in [0.15, 0.2) is 97.1 Å². The van der Waals surface area contributed by atoms with Crippen molar-refractivity contribution in [3.8, 4) is 65.3 Å². The molecular weight excluding hydrogens is 809 g/mol. The summed E-state index contributed by atoms with van der Waals surface area (Å²) in [6.07, 6.45) is 0. The van der Waals surface area contributed by atoms with Crippen LogP contribution in [-0.2, 0) is 28.4 Å². The summed E-state index contributed by atoms with van der Waals surface area (Å²) < 4.78 is 55.3. The van der Waals surface area contributed by atoms with E-state index in [0.29, 0.717) is 92.5 Å². The van der Waals surface area contributed by atoms with E-state index in [2.05, 4.69) is 20.4 Å². The molecule has 0 atom stereocenters. The number of nitrogens with zero attached hydrogens (tertiary/aromatic N) is 4. The van der Waals surface area contributed by atoms with E-state index < -0.39 is 0 Å². The Bertz CT molecular complexity index is 1920. The van der Waals surface area contributed by atoms with Crippen molar-refractivity contribution in [3.05, 3.63) is 97.1 Å². The zero-order valence-electron chi connectivity index (χ0n) is 33.8. The highest BCUT2D eigenvalue weighted by Gasteiger charge is 2.11. The fourth-order valence-electron chi connectivity index (χ4n) is 5.37. The molecular formula is C44H50N4O10S2. The molecule has 318 valence electrons. The van der Waals surface area contributed by atoms with Crippen LogP contribution in [0.4, 0.5) is 0 Å². The van der Waals surface area contributed by atoms with E-state index in [-0.39, 0.29) is 0 Å². The van der Waals surface area contributed by atoms with Crippen molar-refractivity contribution >= 4 is 22.7 Å². The van der Waals surface area contributed by atoms with E-state index in [4.69, 9.17) is 47.4 Å². The molecule has 0 aliphatic rings. The number of hydrogen-bond donors (Lipinski definition) is 0. The molecule has 0 saturated carbocycles. The van der Waals surface area contributed by atoms with Crippen molar-refractivity contribution in [1.82, 2.24) is 20.4 Å². The Hall–Kier alpha value is -5.04. The summed E-state index contributed by atoms with van der Waals surface area (Å²) in [6.45, 7) is 6.89. The molecule has 16 heteroatoms. The Labute approximate surface area is 358 Å². The molecule has 0 saturated heterocycles. The van der Waals surface area contributed by atoms with E-state index in [9.17, 15) is 0 Å². The SMILES string of the molecule is COCCOCCOc1ccc(-c2nnc(-c3ccc(OCCOCCOCCOc4ccc(-c5nnc(-c6ccc(OCCOCCOC)cc6)s5)cc4)cc3)s2)cc1. The van der Waals surface area contributed by atoms with Gasteiger partial charge < -0.3 is 47.4 Å². The number of methoxy groups -OCH3 is 2. The zero-order valence-corrected chi connectivity index (χ0v) is 35.5. The lowest BCUT2D eigenvalue weighted by Gasteiger charge is -2.09. The first kappa shape index (κ1) is 44.5. The normalized spacial score (nSPS) is 11.2. The Morgan fingerprint density at radius 1 is 0.300 bits per heavy atom. The highest BCUT2D eigenvalue weighted by molar-refractivity contribution is 7.18. The molecule has 14 nitrogen and oxygen atoms in total. The first-order valence-corrected chi connectivity index (χ1v) is 21.2. The lowest BCUT2D eigenvalue weighted by Crippen LogP contribution is -2.13. The first-order chi connectivity index (χ1) is 29.7. The standard InChI is InChI=1S/C44H50N4O10S2/c1-49-19-21-51-25-29-55-37-11-3-33(4-12-37)41-45-47-43(59-41)35-7-15-39(16-8-35)57-31-27-53-23-24-54-28-32-58-40-17-9-36(10-18-40)44-48-46-42(60-44)34-5-13-38(14-6-34)56-30-26-52-22-20-50-2/h3-18H,19-32H2,1-2H3. The van der Waals surface area contributed by atoms with Gasteiger partial charge in [0.25, 0.3) is 0 Å². The van der Waals surface area contributed by atoms with Gasteiger partial charge in [-0.25, -0.2) is 0 Å². The van der Waals surface area contributed by atoms with Crippen LogP contribution < -0.4 is 18.9 Å². The van der Waals surface area contributed by atoms with Gasteiger partial charge in [-0.3, -0.25) is 0 Å². The van der Waals surface area contributed by atoms with Crippen LogP contribution in [0.2, 0.25) is 0 Å². The Morgan fingerprint density at radius 3 is 0.750 bits per heavy atom. The molecule has 0 radical (unpaired) electrons. The summed E-state index contributed by atoms with van der Waals surface area (Å²) in [5, 5.41) is 20.9. The number of benzene rings is 4. The van der Waals surface area contributed by atoms with Gasteiger partial charge in [-0.2, -0.15) is 0 Å².